The summed E-state index contributed by atoms with van der Waals surface area (Å²) in [5, 5.41) is 4.12. The van der Waals surface area contributed by atoms with Crippen LogP contribution in [-0.2, 0) is 7.05 Å². The molecule has 0 aliphatic carbocycles. The standard InChI is InChI=1S/C11H11F2N3O/c1-16-6-8(14)10(15-16)7-4-2-3-5-9(7)17-11(12)13/h2-6,11H,14H2,1H3. The molecular weight excluding hydrogens is 228 g/mol. The van der Waals surface area contributed by atoms with Crippen LogP contribution in [0.15, 0.2) is 30.5 Å². The number of anilines is 1. The molecule has 0 aliphatic rings. The Balaban J connectivity index is 2.48. The maximum Gasteiger partial charge on any atom is 0.387 e. The predicted octanol–water partition coefficient (Wildman–Crippen LogP) is 2.27. The zero-order valence-electron chi connectivity index (χ0n) is 9.10. The van der Waals surface area contributed by atoms with Gasteiger partial charge in [0.05, 0.1) is 5.69 Å². The number of para-hydroxylation sites is 1. The number of nitrogens with zero attached hydrogens (tertiary/aromatic N) is 2. The fourth-order valence-electron chi connectivity index (χ4n) is 1.58. The summed E-state index contributed by atoms with van der Waals surface area (Å²) in [5.74, 6) is 0.0629. The van der Waals surface area contributed by atoms with Gasteiger partial charge in [0.25, 0.3) is 0 Å². The molecule has 6 heteroatoms. The summed E-state index contributed by atoms with van der Waals surface area (Å²) in [6.45, 7) is -2.87. The molecule has 0 fully saturated rings. The Labute approximate surface area is 96.6 Å². The van der Waals surface area contributed by atoms with E-state index in [0.717, 1.165) is 0 Å². The van der Waals surface area contributed by atoms with Crippen LogP contribution >= 0.6 is 0 Å². The van der Waals surface area contributed by atoms with Gasteiger partial charge in [-0.3, -0.25) is 4.68 Å². The average molecular weight is 239 g/mol. The number of nitrogens with two attached hydrogens (primary N) is 1. The van der Waals surface area contributed by atoms with Gasteiger partial charge in [0.15, 0.2) is 0 Å². The number of alkyl halides is 2. The molecule has 0 radical (unpaired) electrons. The Hall–Kier alpha value is -2.11. The Bertz CT molecular complexity index is 525. The summed E-state index contributed by atoms with van der Waals surface area (Å²) >= 11 is 0. The number of hydrogen-bond donors (Lipinski definition) is 1. The normalized spacial score (nSPS) is 10.8. The lowest BCUT2D eigenvalue weighted by molar-refractivity contribution is -0.0494. The van der Waals surface area contributed by atoms with Crippen molar-refractivity contribution in [1.82, 2.24) is 9.78 Å². The molecule has 0 unspecified atom stereocenters. The van der Waals surface area contributed by atoms with Gasteiger partial charge in [-0.25, -0.2) is 0 Å². The summed E-state index contributed by atoms with van der Waals surface area (Å²) in [7, 11) is 1.70. The van der Waals surface area contributed by atoms with Crippen molar-refractivity contribution in [3.63, 3.8) is 0 Å². The van der Waals surface area contributed by atoms with E-state index in [0.29, 0.717) is 16.9 Å². The number of aryl methyl sites for hydroxylation is 1. The highest BCUT2D eigenvalue weighted by molar-refractivity contribution is 5.76. The fourth-order valence-corrected chi connectivity index (χ4v) is 1.58. The zero-order chi connectivity index (χ0) is 12.4. The lowest BCUT2D eigenvalue weighted by Crippen LogP contribution is -2.03. The number of nitrogen functional groups attached to an aromatic ring is 1. The molecule has 0 aliphatic heterocycles. The summed E-state index contributed by atoms with van der Waals surface area (Å²) in [6.07, 6.45) is 1.61. The van der Waals surface area contributed by atoms with Crippen LogP contribution < -0.4 is 10.5 Å². The molecule has 4 nitrogen and oxygen atoms in total. The number of aromatic nitrogens is 2. The minimum Gasteiger partial charge on any atom is -0.434 e. The maximum atomic E-state index is 12.2. The third kappa shape index (κ3) is 2.35. The third-order valence-electron chi connectivity index (χ3n) is 2.22. The quantitative estimate of drug-likeness (QED) is 0.893. The highest BCUT2D eigenvalue weighted by Crippen LogP contribution is 2.32. The van der Waals surface area contributed by atoms with Gasteiger partial charge in [-0.2, -0.15) is 13.9 Å². The Morgan fingerprint density at radius 2 is 2.06 bits per heavy atom. The lowest BCUT2D eigenvalue weighted by Gasteiger charge is -2.08. The van der Waals surface area contributed by atoms with E-state index in [4.69, 9.17) is 5.73 Å². The van der Waals surface area contributed by atoms with Crippen molar-refractivity contribution in [2.75, 3.05) is 5.73 Å². The van der Waals surface area contributed by atoms with Gasteiger partial charge in [-0.15, -0.1) is 0 Å². The van der Waals surface area contributed by atoms with Crippen molar-refractivity contribution >= 4 is 5.69 Å². The monoisotopic (exact) mass is 239 g/mol. The molecular formula is C11H11F2N3O. The number of ether oxygens (including phenoxy) is 1. The molecule has 2 N–H and O–H groups in total. The van der Waals surface area contributed by atoms with Crippen LogP contribution in [0.5, 0.6) is 5.75 Å². The predicted molar refractivity (Wildman–Crippen MR) is 59.7 cm³/mol. The fraction of sp³-hybridized carbons (Fsp3) is 0.182. The van der Waals surface area contributed by atoms with Crippen molar-refractivity contribution in [3.05, 3.63) is 30.5 Å². The molecule has 0 bridgehead atoms. The van der Waals surface area contributed by atoms with Gasteiger partial charge in [0.2, 0.25) is 0 Å². The number of benzene rings is 1. The number of halogens is 2. The summed E-state index contributed by atoms with van der Waals surface area (Å²) in [5.41, 5.74) is 7.05. The molecule has 2 rings (SSSR count). The highest BCUT2D eigenvalue weighted by Gasteiger charge is 2.15. The molecule has 17 heavy (non-hydrogen) atoms. The minimum absolute atomic E-state index is 0.0629. The smallest absolute Gasteiger partial charge is 0.387 e. The van der Waals surface area contributed by atoms with Crippen LogP contribution in [0.1, 0.15) is 0 Å². The molecule has 1 aromatic carbocycles. The SMILES string of the molecule is Cn1cc(N)c(-c2ccccc2OC(F)F)n1. The molecule has 2 aromatic rings. The van der Waals surface area contributed by atoms with E-state index in [-0.39, 0.29) is 5.75 Å². The van der Waals surface area contributed by atoms with Crippen molar-refractivity contribution in [2.24, 2.45) is 7.05 Å². The first-order valence-electron chi connectivity index (χ1n) is 4.91. The second kappa shape index (κ2) is 4.40. The van der Waals surface area contributed by atoms with Crippen LogP contribution in [0.25, 0.3) is 11.3 Å². The van der Waals surface area contributed by atoms with E-state index >= 15 is 0 Å². The van der Waals surface area contributed by atoms with Crippen LogP contribution in [-0.4, -0.2) is 16.4 Å². The van der Waals surface area contributed by atoms with Crippen molar-refractivity contribution in [2.45, 2.75) is 6.61 Å². The van der Waals surface area contributed by atoms with E-state index in [1.165, 1.54) is 10.7 Å². The van der Waals surface area contributed by atoms with Gasteiger partial charge in [0, 0.05) is 18.8 Å². The average Bonchev–Trinajstić information content (AvgIpc) is 2.58. The summed E-state index contributed by atoms with van der Waals surface area (Å²) in [6, 6.07) is 6.41. The zero-order valence-corrected chi connectivity index (χ0v) is 9.10. The topological polar surface area (TPSA) is 53.1 Å². The largest absolute Gasteiger partial charge is 0.434 e. The maximum absolute atomic E-state index is 12.2. The van der Waals surface area contributed by atoms with Crippen LogP contribution in [0.4, 0.5) is 14.5 Å². The van der Waals surface area contributed by atoms with Crippen LogP contribution in [0, 0.1) is 0 Å². The Morgan fingerprint density at radius 1 is 1.35 bits per heavy atom. The van der Waals surface area contributed by atoms with Gasteiger partial charge < -0.3 is 10.5 Å². The molecule has 0 amide bonds. The molecule has 0 atom stereocenters. The summed E-state index contributed by atoms with van der Waals surface area (Å²) < 4.78 is 30.4. The first-order chi connectivity index (χ1) is 8.08. The molecule has 0 saturated heterocycles. The first-order valence-corrected chi connectivity index (χ1v) is 4.91. The van der Waals surface area contributed by atoms with Crippen LogP contribution in [0.2, 0.25) is 0 Å². The van der Waals surface area contributed by atoms with E-state index in [1.807, 2.05) is 0 Å². The van der Waals surface area contributed by atoms with Crippen LogP contribution in [0.3, 0.4) is 0 Å². The van der Waals surface area contributed by atoms with E-state index in [9.17, 15) is 8.78 Å². The second-order valence-electron chi connectivity index (χ2n) is 3.48. The van der Waals surface area contributed by atoms with E-state index < -0.39 is 6.61 Å². The van der Waals surface area contributed by atoms with E-state index in [2.05, 4.69) is 9.84 Å². The van der Waals surface area contributed by atoms with Gasteiger partial charge in [-0.1, -0.05) is 12.1 Å². The molecule has 1 aromatic heterocycles. The molecule has 0 saturated carbocycles. The lowest BCUT2D eigenvalue weighted by atomic mass is 10.1. The first kappa shape index (κ1) is 11.4. The molecule has 1 heterocycles. The Morgan fingerprint density at radius 3 is 2.65 bits per heavy atom. The van der Waals surface area contributed by atoms with Gasteiger partial charge in [0.1, 0.15) is 11.4 Å². The number of hydrogen-bond acceptors (Lipinski definition) is 3. The highest BCUT2D eigenvalue weighted by atomic mass is 19.3. The molecule has 90 valence electrons. The second-order valence-corrected chi connectivity index (χ2v) is 3.48. The van der Waals surface area contributed by atoms with Gasteiger partial charge in [-0.05, 0) is 12.1 Å². The van der Waals surface area contributed by atoms with Crippen molar-refractivity contribution < 1.29 is 13.5 Å². The number of rotatable bonds is 3. The Kier molecular flexibility index (Phi) is 2.95. The third-order valence-corrected chi connectivity index (χ3v) is 2.22. The van der Waals surface area contributed by atoms with E-state index in [1.54, 1.807) is 31.4 Å². The minimum atomic E-state index is -2.87. The van der Waals surface area contributed by atoms with Gasteiger partial charge >= 0.3 is 6.61 Å². The summed E-state index contributed by atoms with van der Waals surface area (Å²) in [4.78, 5) is 0. The van der Waals surface area contributed by atoms with Crippen molar-refractivity contribution in [3.8, 4) is 17.0 Å². The van der Waals surface area contributed by atoms with Crippen molar-refractivity contribution in [1.29, 1.82) is 0 Å². The molecule has 0 spiro atoms.